The van der Waals surface area contributed by atoms with Gasteiger partial charge in [0, 0.05) is 0 Å². The maximum Gasteiger partial charge on any atom is 0.277 e. The van der Waals surface area contributed by atoms with Crippen molar-refractivity contribution in [3.8, 4) is 0 Å². The average molecular weight is 288 g/mol. The van der Waals surface area contributed by atoms with Gasteiger partial charge in [0.2, 0.25) is 0 Å². The zero-order chi connectivity index (χ0) is 13.6. The van der Waals surface area contributed by atoms with Crippen molar-refractivity contribution >= 4 is 16.8 Å². The number of hydrogen-bond acceptors (Lipinski definition) is 3. The molecule has 0 bridgehead atoms. The van der Waals surface area contributed by atoms with Gasteiger partial charge in [-0.05, 0) is 31.5 Å². The fourth-order valence-corrected chi connectivity index (χ4v) is 12.6. The van der Waals surface area contributed by atoms with Crippen molar-refractivity contribution in [1.82, 2.24) is 14.6 Å². The van der Waals surface area contributed by atoms with Crippen LogP contribution >= 0.6 is 0 Å². The maximum atomic E-state index is 4.10. The predicted molar refractivity (Wildman–Crippen MR) is 86.4 cm³/mol. The van der Waals surface area contributed by atoms with Crippen LogP contribution in [0.1, 0.15) is 46.0 Å². The smallest absolute Gasteiger partial charge is 0.277 e. The molecule has 1 saturated carbocycles. The minimum Gasteiger partial charge on any atom is -0.335 e. The second-order valence-electron chi connectivity index (χ2n) is 6.58. The highest BCUT2D eigenvalue weighted by molar-refractivity contribution is 6.90. The van der Waals surface area contributed by atoms with E-state index < -0.39 is 16.8 Å². The lowest BCUT2D eigenvalue weighted by Gasteiger charge is -2.45. The Morgan fingerprint density at radius 2 is 1.39 bits per heavy atom. The average Bonchev–Trinajstić information content (AvgIpc) is 2.28. The number of hydrogen-bond donors (Lipinski definition) is 3. The molecule has 3 N–H and O–H groups in total. The van der Waals surface area contributed by atoms with Gasteiger partial charge in [-0.2, -0.15) is 0 Å². The van der Waals surface area contributed by atoms with Gasteiger partial charge in [-0.1, -0.05) is 52.8 Å². The first kappa shape index (κ1) is 16.4. The van der Waals surface area contributed by atoms with Crippen LogP contribution in [0, 0.1) is 0 Å². The van der Waals surface area contributed by atoms with Crippen LogP contribution in [0.5, 0.6) is 0 Å². The van der Waals surface area contributed by atoms with Crippen LogP contribution in [-0.4, -0.2) is 29.9 Å². The molecule has 1 fully saturated rings. The number of nitrogens with one attached hydrogen (secondary N) is 3. The van der Waals surface area contributed by atoms with E-state index in [1.165, 1.54) is 32.1 Å². The van der Waals surface area contributed by atoms with E-state index in [0.29, 0.717) is 0 Å². The summed E-state index contributed by atoms with van der Waals surface area (Å²) in [5.41, 5.74) is 0.859. The minimum atomic E-state index is -1.72. The zero-order valence-corrected chi connectivity index (χ0v) is 15.0. The van der Waals surface area contributed by atoms with Crippen molar-refractivity contribution in [3.05, 3.63) is 0 Å². The SMILES string of the molecule is CCN[Si](NCC)(N[Si](C)(C)C)C1CCCCC1. The van der Waals surface area contributed by atoms with E-state index in [1.807, 2.05) is 0 Å². The molecular formula is C13H33N3Si2. The molecule has 5 heteroatoms. The van der Waals surface area contributed by atoms with E-state index in [-0.39, 0.29) is 0 Å². The summed E-state index contributed by atoms with van der Waals surface area (Å²) < 4.78 is 4.10. The molecule has 0 aliphatic heterocycles. The largest absolute Gasteiger partial charge is 0.335 e. The molecule has 0 aromatic heterocycles. The highest BCUT2D eigenvalue weighted by Gasteiger charge is 2.44. The van der Waals surface area contributed by atoms with Crippen LogP contribution < -0.4 is 14.6 Å². The molecule has 1 aliphatic rings. The van der Waals surface area contributed by atoms with Gasteiger partial charge in [0.25, 0.3) is 8.56 Å². The fourth-order valence-electron chi connectivity index (χ4n) is 3.23. The third-order valence-electron chi connectivity index (χ3n) is 3.70. The van der Waals surface area contributed by atoms with E-state index in [0.717, 1.165) is 18.6 Å². The number of rotatable bonds is 7. The molecule has 0 aromatic rings. The topological polar surface area (TPSA) is 36.1 Å². The van der Waals surface area contributed by atoms with Gasteiger partial charge in [0.1, 0.15) is 8.24 Å². The Morgan fingerprint density at radius 1 is 0.889 bits per heavy atom. The van der Waals surface area contributed by atoms with Crippen LogP contribution in [0.2, 0.25) is 25.2 Å². The van der Waals surface area contributed by atoms with Gasteiger partial charge in [0.15, 0.2) is 0 Å². The van der Waals surface area contributed by atoms with Crippen molar-refractivity contribution in [3.63, 3.8) is 0 Å². The summed E-state index contributed by atoms with van der Waals surface area (Å²) in [7, 11) is -2.98. The molecule has 0 saturated heterocycles. The standard InChI is InChI=1S/C13H33N3Si2/c1-6-14-18(15-7-2,16-17(3,4)5)13-11-9-8-10-12-13/h13-16H,6-12H2,1-5H3. The van der Waals surface area contributed by atoms with Gasteiger partial charge < -0.3 is 14.6 Å². The zero-order valence-electron chi connectivity index (χ0n) is 13.0. The van der Waals surface area contributed by atoms with Crippen LogP contribution in [0.4, 0.5) is 0 Å². The first-order valence-corrected chi connectivity index (χ1v) is 13.3. The summed E-state index contributed by atoms with van der Waals surface area (Å²) in [5, 5.41) is 0. The van der Waals surface area contributed by atoms with E-state index in [2.05, 4.69) is 48.1 Å². The van der Waals surface area contributed by atoms with Gasteiger partial charge in [0.05, 0.1) is 0 Å². The minimum absolute atomic E-state index is 0.859. The third-order valence-corrected chi connectivity index (χ3v) is 11.9. The lowest BCUT2D eigenvalue weighted by atomic mass is 10.0. The highest BCUT2D eigenvalue weighted by atomic mass is 28.4. The Labute approximate surface area is 116 Å². The molecule has 1 aliphatic carbocycles. The normalized spacial score (nSPS) is 19.2. The van der Waals surface area contributed by atoms with Gasteiger partial charge in [-0.15, -0.1) is 0 Å². The van der Waals surface area contributed by atoms with Gasteiger partial charge in [-0.3, -0.25) is 0 Å². The molecule has 0 amide bonds. The Bertz CT molecular complexity index is 229. The van der Waals surface area contributed by atoms with Crippen LogP contribution in [-0.2, 0) is 0 Å². The predicted octanol–water partition coefficient (Wildman–Crippen LogP) is 2.90. The second kappa shape index (κ2) is 7.19. The van der Waals surface area contributed by atoms with Crippen molar-refractivity contribution in [2.24, 2.45) is 0 Å². The summed E-state index contributed by atoms with van der Waals surface area (Å²) in [6.07, 6.45) is 7.09. The van der Waals surface area contributed by atoms with Gasteiger partial charge >= 0.3 is 0 Å². The summed E-state index contributed by atoms with van der Waals surface area (Å²) >= 11 is 0. The summed E-state index contributed by atoms with van der Waals surface area (Å²) in [5.74, 6) is 0. The van der Waals surface area contributed by atoms with Crippen molar-refractivity contribution in [2.75, 3.05) is 13.1 Å². The van der Waals surface area contributed by atoms with Gasteiger partial charge in [-0.25, -0.2) is 0 Å². The Hall–Kier alpha value is 0.314. The molecule has 18 heavy (non-hydrogen) atoms. The van der Waals surface area contributed by atoms with Crippen LogP contribution in [0.15, 0.2) is 0 Å². The molecule has 0 unspecified atom stereocenters. The lowest BCUT2D eigenvalue weighted by molar-refractivity contribution is 0.475. The molecule has 0 atom stereocenters. The lowest BCUT2D eigenvalue weighted by Crippen LogP contribution is -2.79. The van der Waals surface area contributed by atoms with Crippen LogP contribution in [0.25, 0.3) is 0 Å². The quantitative estimate of drug-likeness (QED) is 0.630. The van der Waals surface area contributed by atoms with Crippen molar-refractivity contribution in [1.29, 1.82) is 0 Å². The van der Waals surface area contributed by atoms with Crippen molar-refractivity contribution < 1.29 is 0 Å². The van der Waals surface area contributed by atoms with Crippen LogP contribution in [0.3, 0.4) is 0 Å². The first-order chi connectivity index (χ1) is 8.43. The Kier molecular flexibility index (Phi) is 6.54. The van der Waals surface area contributed by atoms with E-state index in [1.54, 1.807) is 0 Å². The first-order valence-electron chi connectivity index (χ1n) is 7.73. The molecule has 0 radical (unpaired) electrons. The molecular weight excluding hydrogens is 254 g/mol. The summed E-state index contributed by atoms with van der Waals surface area (Å²) in [6.45, 7) is 13.9. The Balaban J connectivity index is 2.87. The van der Waals surface area contributed by atoms with E-state index in [9.17, 15) is 0 Å². The van der Waals surface area contributed by atoms with E-state index in [4.69, 9.17) is 0 Å². The molecule has 0 spiro atoms. The molecule has 0 aromatic carbocycles. The third kappa shape index (κ3) is 4.77. The fraction of sp³-hybridized carbons (Fsp3) is 1.00. The van der Waals surface area contributed by atoms with Crippen molar-refractivity contribution in [2.45, 2.75) is 71.1 Å². The highest BCUT2D eigenvalue weighted by Crippen LogP contribution is 2.33. The molecule has 0 heterocycles. The summed E-state index contributed by atoms with van der Waals surface area (Å²) in [4.78, 5) is 7.75. The molecule has 1 rings (SSSR count). The maximum absolute atomic E-state index is 4.10. The van der Waals surface area contributed by atoms with E-state index >= 15 is 0 Å². The summed E-state index contributed by atoms with van der Waals surface area (Å²) in [6, 6.07) is 0. The Morgan fingerprint density at radius 3 is 1.78 bits per heavy atom. The molecule has 108 valence electrons. The molecule has 3 nitrogen and oxygen atoms in total. The second-order valence-corrected chi connectivity index (χ2v) is 15.2. The monoisotopic (exact) mass is 287 g/mol.